The third-order valence-corrected chi connectivity index (χ3v) is 3.75. The molecule has 2 rings (SSSR count). The Hall–Kier alpha value is -0.0400. The third-order valence-electron chi connectivity index (χ3n) is 3.75. The lowest BCUT2D eigenvalue weighted by atomic mass is 9.60. The topological polar surface area (TPSA) is 12.0 Å². The number of hydrogen-bond donors (Lipinski definition) is 1. The van der Waals surface area contributed by atoms with Crippen molar-refractivity contribution in [1.29, 1.82) is 0 Å². The highest BCUT2D eigenvalue weighted by molar-refractivity contribution is 5.02. The lowest BCUT2D eigenvalue weighted by Gasteiger charge is -2.44. The zero-order valence-corrected chi connectivity index (χ0v) is 7.53. The summed E-state index contributed by atoms with van der Waals surface area (Å²) >= 11 is 0. The normalized spacial score (nSPS) is 41.7. The first-order chi connectivity index (χ1) is 5.37. The first-order valence-corrected chi connectivity index (χ1v) is 5.08. The Kier molecular flexibility index (Phi) is 1.92. The summed E-state index contributed by atoms with van der Waals surface area (Å²) in [5.74, 6) is 1.05. The molecule has 0 radical (unpaired) electrons. The molecule has 0 aromatic carbocycles. The van der Waals surface area contributed by atoms with Gasteiger partial charge in [-0.15, -0.1) is 0 Å². The molecule has 11 heavy (non-hydrogen) atoms. The maximum atomic E-state index is 3.53. The van der Waals surface area contributed by atoms with Gasteiger partial charge < -0.3 is 5.32 Å². The van der Waals surface area contributed by atoms with E-state index in [0.29, 0.717) is 0 Å². The Morgan fingerprint density at radius 3 is 3.00 bits per heavy atom. The first kappa shape index (κ1) is 7.60. The summed E-state index contributed by atoms with van der Waals surface area (Å²) in [5.41, 5.74) is 0.774. The molecule has 0 bridgehead atoms. The lowest BCUT2D eigenvalue weighted by molar-refractivity contribution is 0.0721. The van der Waals surface area contributed by atoms with E-state index in [1.54, 1.807) is 0 Å². The summed E-state index contributed by atoms with van der Waals surface area (Å²) in [7, 11) is 0. The molecule has 1 saturated carbocycles. The van der Waals surface area contributed by atoms with E-state index in [1.807, 2.05) is 0 Å². The average Bonchev–Trinajstić information content (AvgIpc) is 2.26. The zero-order chi connectivity index (χ0) is 7.73. The van der Waals surface area contributed by atoms with Crippen molar-refractivity contribution in [2.45, 2.75) is 39.0 Å². The highest BCUT2D eigenvalue weighted by Crippen LogP contribution is 2.52. The number of nitrogens with one attached hydrogen (secondary N) is 1. The van der Waals surface area contributed by atoms with Crippen LogP contribution in [-0.4, -0.2) is 13.1 Å². The Labute approximate surface area is 69.6 Å². The number of hydrogen-bond acceptors (Lipinski definition) is 1. The van der Waals surface area contributed by atoms with Crippen molar-refractivity contribution in [2.24, 2.45) is 11.3 Å². The second kappa shape index (κ2) is 2.78. The van der Waals surface area contributed by atoms with Gasteiger partial charge in [0, 0.05) is 6.54 Å². The minimum atomic E-state index is 0.774. The molecule has 0 spiro atoms. The van der Waals surface area contributed by atoms with Crippen LogP contribution in [0.25, 0.3) is 0 Å². The molecule has 1 aliphatic carbocycles. The molecule has 1 N–H and O–H groups in total. The first-order valence-electron chi connectivity index (χ1n) is 5.08. The Morgan fingerprint density at radius 1 is 1.55 bits per heavy atom. The molecule has 0 aromatic heterocycles. The van der Waals surface area contributed by atoms with Gasteiger partial charge in [0.15, 0.2) is 0 Å². The molecule has 0 aromatic rings. The largest absolute Gasteiger partial charge is 0.316 e. The van der Waals surface area contributed by atoms with E-state index in [4.69, 9.17) is 0 Å². The number of fused-ring (bicyclic) bond motifs is 1. The predicted molar refractivity (Wildman–Crippen MR) is 47.6 cm³/mol. The van der Waals surface area contributed by atoms with Crippen molar-refractivity contribution >= 4 is 0 Å². The van der Waals surface area contributed by atoms with Gasteiger partial charge in [-0.2, -0.15) is 0 Å². The molecule has 2 unspecified atom stereocenters. The van der Waals surface area contributed by atoms with Gasteiger partial charge >= 0.3 is 0 Å². The summed E-state index contributed by atoms with van der Waals surface area (Å²) < 4.78 is 0. The Morgan fingerprint density at radius 2 is 2.45 bits per heavy atom. The van der Waals surface area contributed by atoms with Crippen LogP contribution in [0.2, 0.25) is 0 Å². The van der Waals surface area contributed by atoms with Crippen LogP contribution >= 0.6 is 0 Å². The quantitative estimate of drug-likeness (QED) is 0.655. The maximum Gasteiger partial charge on any atom is 0.00111 e. The molecule has 64 valence electrons. The van der Waals surface area contributed by atoms with E-state index in [-0.39, 0.29) is 0 Å². The Balaban J connectivity index is 1.88. The van der Waals surface area contributed by atoms with Gasteiger partial charge in [-0.05, 0) is 37.1 Å². The third kappa shape index (κ3) is 1.10. The van der Waals surface area contributed by atoms with E-state index in [2.05, 4.69) is 12.2 Å². The van der Waals surface area contributed by atoms with Crippen LogP contribution in [0, 0.1) is 11.3 Å². The highest BCUT2D eigenvalue weighted by Gasteiger charge is 2.48. The average molecular weight is 153 g/mol. The Bertz CT molecular complexity index is 144. The van der Waals surface area contributed by atoms with Gasteiger partial charge in [0.25, 0.3) is 0 Å². The molecule has 1 saturated heterocycles. The molecule has 2 fully saturated rings. The van der Waals surface area contributed by atoms with E-state index in [1.165, 1.54) is 45.2 Å². The number of unbranched alkanes of at least 4 members (excludes halogenated alkanes) is 1. The summed E-state index contributed by atoms with van der Waals surface area (Å²) in [6.07, 6.45) is 7.30. The molecular weight excluding hydrogens is 134 g/mol. The van der Waals surface area contributed by atoms with Crippen molar-refractivity contribution in [1.82, 2.24) is 5.32 Å². The van der Waals surface area contributed by atoms with Gasteiger partial charge in [0.05, 0.1) is 0 Å². The molecule has 2 aliphatic rings. The molecular formula is C10H19N. The van der Waals surface area contributed by atoms with Gasteiger partial charge in [-0.1, -0.05) is 19.8 Å². The summed E-state index contributed by atoms with van der Waals surface area (Å²) in [6, 6.07) is 0. The molecule has 1 nitrogen and oxygen atoms in total. The lowest BCUT2D eigenvalue weighted by Crippen LogP contribution is -2.39. The minimum Gasteiger partial charge on any atom is -0.316 e. The minimum absolute atomic E-state index is 0.774. The SMILES string of the molecule is CCCCC12CCC1CNC2. The van der Waals surface area contributed by atoms with Crippen LogP contribution in [0.1, 0.15) is 39.0 Å². The zero-order valence-electron chi connectivity index (χ0n) is 7.53. The van der Waals surface area contributed by atoms with Crippen LogP contribution in [0.3, 0.4) is 0 Å². The summed E-state index contributed by atoms with van der Waals surface area (Å²) in [6.45, 7) is 4.92. The molecule has 1 heterocycles. The van der Waals surface area contributed by atoms with Gasteiger partial charge in [0.2, 0.25) is 0 Å². The predicted octanol–water partition coefficient (Wildman–Crippen LogP) is 2.18. The van der Waals surface area contributed by atoms with E-state index in [0.717, 1.165) is 11.3 Å². The second-order valence-electron chi connectivity index (χ2n) is 4.33. The standard InChI is InChI=1S/C10H19N/c1-2-3-5-10-6-4-9(10)7-11-8-10/h9,11H,2-8H2,1H3. The van der Waals surface area contributed by atoms with E-state index < -0.39 is 0 Å². The van der Waals surface area contributed by atoms with Crippen LogP contribution in [0.5, 0.6) is 0 Å². The van der Waals surface area contributed by atoms with Crippen molar-refractivity contribution in [2.75, 3.05) is 13.1 Å². The summed E-state index contributed by atoms with van der Waals surface area (Å²) in [4.78, 5) is 0. The van der Waals surface area contributed by atoms with E-state index >= 15 is 0 Å². The van der Waals surface area contributed by atoms with Crippen molar-refractivity contribution in [3.05, 3.63) is 0 Å². The van der Waals surface area contributed by atoms with Crippen LogP contribution in [0.15, 0.2) is 0 Å². The highest BCUT2D eigenvalue weighted by atomic mass is 15.0. The summed E-state index contributed by atoms with van der Waals surface area (Å²) in [5, 5.41) is 3.53. The van der Waals surface area contributed by atoms with Crippen molar-refractivity contribution in [3.8, 4) is 0 Å². The molecule has 0 amide bonds. The fourth-order valence-electron chi connectivity index (χ4n) is 2.75. The van der Waals surface area contributed by atoms with Crippen LogP contribution < -0.4 is 5.32 Å². The molecule has 1 aliphatic heterocycles. The van der Waals surface area contributed by atoms with Crippen LogP contribution in [0.4, 0.5) is 0 Å². The monoisotopic (exact) mass is 153 g/mol. The maximum absolute atomic E-state index is 3.53. The van der Waals surface area contributed by atoms with Gasteiger partial charge in [-0.25, -0.2) is 0 Å². The van der Waals surface area contributed by atoms with Gasteiger partial charge in [-0.3, -0.25) is 0 Å². The van der Waals surface area contributed by atoms with Crippen LogP contribution in [-0.2, 0) is 0 Å². The number of rotatable bonds is 3. The fourth-order valence-corrected chi connectivity index (χ4v) is 2.75. The van der Waals surface area contributed by atoms with Crippen molar-refractivity contribution < 1.29 is 0 Å². The fraction of sp³-hybridized carbons (Fsp3) is 1.00. The molecule has 1 heteroatoms. The smallest absolute Gasteiger partial charge is 0.00111 e. The second-order valence-corrected chi connectivity index (χ2v) is 4.33. The molecule has 2 atom stereocenters. The van der Waals surface area contributed by atoms with Gasteiger partial charge in [0.1, 0.15) is 0 Å². The van der Waals surface area contributed by atoms with E-state index in [9.17, 15) is 0 Å². The van der Waals surface area contributed by atoms with Crippen molar-refractivity contribution in [3.63, 3.8) is 0 Å².